The van der Waals surface area contributed by atoms with Crippen molar-refractivity contribution in [1.82, 2.24) is 15.6 Å². The zero-order chi connectivity index (χ0) is 16.8. The molecule has 0 saturated carbocycles. The second-order valence-electron chi connectivity index (χ2n) is 6.89. The van der Waals surface area contributed by atoms with Crippen molar-refractivity contribution < 1.29 is 14.3 Å². The Bertz CT molecular complexity index is 820. The molecule has 2 unspecified atom stereocenters. The second kappa shape index (κ2) is 8.22. The lowest BCUT2D eigenvalue weighted by Crippen LogP contribution is -2.48. The highest BCUT2D eigenvalue weighted by molar-refractivity contribution is 7.13. The van der Waals surface area contributed by atoms with Gasteiger partial charge in [-0.05, 0) is 43.9 Å². The summed E-state index contributed by atoms with van der Waals surface area (Å²) in [6.07, 6.45) is 4.48. The van der Waals surface area contributed by atoms with Gasteiger partial charge in [-0.1, -0.05) is 0 Å². The first-order valence-corrected chi connectivity index (χ1v) is 9.55. The molecule has 1 aromatic carbocycles. The number of piperidine rings is 1. The quantitative estimate of drug-likeness (QED) is 0.781. The van der Waals surface area contributed by atoms with E-state index in [2.05, 4.69) is 15.6 Å². The Kier molecular flexibility index (Phi) is 6.15. The average Bonchev–Trinajstić information content (AvgIpc) is 3.33. The molecule has 0 aliphatic carbocycles. The van der Waals surface area contributed by atoms with Crippen LogP contribution in [0.15, 0.2) is 23.6 Å². The molecule has 27 heavy (non-hydrogen) atoms. The Balaban J connectivity index is 0.00000105. The van der Waals surface area contributed by atoms with Crippen LogP contribution in [0.25, 0.3) is 10.6 Å². The lowest BCUT2D eigenvalue weighted by Gasteiger charge is -2.29. The fourth-order valence-electron chi connectivity index (χ4n) is 3.97. The number of amides is 1. The molecule has 9 heteroatoms. The number of aromatic nitrogens is 1. The topological polar surface area (TPSA) is 72.5 Å². The van der Waals surface area contributed by atoms with Gasteiger partial charge in [-0.2, -0.15) is 0 Å². The number of rotatable bonds is 3. The minimum atomic E-state index is -0.0745. The summed E-state index contributed by atoms with van der Waals surface area (Å²) in [5.74, 6) is 1.40. The van der Waals surface area contributed by atoms with Crippen molar-refractivity contribution in [3.8, 4) is 22.1 Å². The number of hydrogen-bond donors (Lipinski definition) is 2. The molecule has 2 N–H and O–H groups in total. The van der Waals surface area contributed by atoms with Crippen LogP contribution >= 0.6 is 36.2 Å². The first-order chi connectivity index (χ1) is 12.2. The minimum Gasteiger partial charge on any atom is -0.454 e. The zero-order valence-corrected chi connectivity index (χ0v) is 16.9. The second-order valence-corrected chi connectivity index (χ2v) is 7.74. The maximum Gasteiger partial charge on any atom is 0.270 e. The SMILES string of the molecule is Cl.Cl.O=C(NC1CC2CCC(C1)N2)c1csc(-c2ccc3c(c2)OCO3)n1. The normalized spacial score (nSPS) is 24.7. The summed E-state index contributed by atoms with van der Waals surface area (Å²) in [5, 5.41) is 9.39. The Morgan fingerprint density at radius 2 is 1.89 bits per heavy atom. The summed E-state index contributed by atoms with van der Waals surface area (Å²) in [6, 6.07) is 7.10. The number of carbonyl (C=O) groups excluding carboxylic acids is 1. The van der Waals surface area contributed by atoms with Crippen LogP contribution in [0.1, 0.15) is 36.2 Å². The zero-order valence-electron chi connectivity index (χ0n) is 14.5. The van der Waals surface area contributed by atoms with E-state index >= 15 is 0 Å². The first kappa shape index (κ1) is 20.2. The van der Waals surface area contributed by atoms with Gasteiger partial charge in [-0.3, -0.25) is 4.79 Å². The van der Waals surface area contributed by atoms with Gasteiger partial charge in [0.25, 0.3) is 5.91 Å². The van der Waals surface area contributed by atoms with Crippen LogP contribution in [0.4, 0.5) is 0 Å². The Hall–Kier alpha value is -1.54. The fraction of sp³-hybridized carbons (Fsp3) is 0.444. The van der Waals surface area contributed by atoms with Crippen LogP contribution in [0.3, 0.4) is 0 Å². The van der Waals surface area contributed by atoms with Gasteiger partial charge in [0.05, 0.1) is 0 Å². The summed E-state index contributed by atoms with van der Waals surface area (Å²) in [4.78, 5) is 17.1. The van der Waals surface area contributed by atoms with Crippen molar-refractivity contribution >= 4 is 42.1 Å². The lowest BCUT2D eigenvalue weighted by molar-refractivity contribution is 0.0919. The molecule has 2 atom stereocenters. The number of carbonyl (C=O) groups is 1. The summed E-state index contributed by atoms with van der Waals surface area (Å²) in [7, 11) is 0. The van der Waals surface area contributed by atoms with Gasteiger partial charge in [0.15, 0.2) is 11.5 Å². The number of fused-ring (bicyclic) bond motifs is 3. The highest BCUT2D eigenvalue weighted by Crippen LogP contribution is 2.36. The van der Waals surface area contributed by atoms with Gasteiger partial charge in [-0.15, -0.1) is 36.2 Å². The molecule has 2 aromatic rings. The molecule has 3 aliphatic heterocycles. The number of ether oxygens (including phenoxy) is 2. The summed E-state index contributed by atoms with van der Waals surface area (Å²) in [6.45, 7) is 0.253. The molecular weight excluding hydrogens is 409 g/mol. The van der Waals surface area contributed by atoms with Gasteiger partial charge < -0.3 is 20.1 Å². The number of halogens is 2. The first-order valence-electron chi connectivity index (χ1n) is 8.67. The largest absolute Gasteiger partial charge is 0.454 e. The standard InChI is InChI=1S/C18H19N3O3S.2ClH/c22-17(20-13-6-11-2-3-12(7-13)19-11)14-8-25-18(21-14)10-1-4-15-16(5-10)24-9-23-15;;/h1,4-5,8,11-13,19H,2-3,6-7,9H2,(H,20,22);2*1H. The highest BCUT2D eigenvalue weighted by atomic mass is 35.5. The van der Waals surface area contributed by atoms with E-state index in [1.54, 1.807) is 0 Å². The molecule has 0 spiro atoms. The van der Waals surface area contributed by atoms with E-state index in [-0.39, 0.29) is 43.6 Å². The molecule has 146 valence electrons. The van der Waals surface area contributed by atoms with Gasteiger partial charge in [0.2, 0.25) is 6.79 Å². The van der Waals surface area contributed by atoms with Crippen molar-refractivity contribution in [2.45, 2.75) is 43.8 Å². The van der Waals surface area contributed by atoms with Crippen LogP contribution in [-0.4, -0.2) is 35.8 Å². The van der Waals surface area contributed by atoms with Crippen LogP contribution in [-0.2, 0) is 0 Å². The third kappa shape index (κ3) is 4.01. The molecule has 3 aliphatic rings. The molecule has 2 fully saturated rings. The summed E-state index contributed by atoms with van der Waals surface area (Å²) >= 11 is 1.47. The molecular formula is C18H21Cl2N3O3S. The van der Waals surface area contributed by atoms with E-state index in [0.717, 1.165) is 34.9 Å². The lowest BCUT2D eigenvalue weighted by atomic mass is 10.00. The van der Waals surface area contributed by atoms with Crippen LogP contribution in [0.2, 0.25) is 0 Å². The van der Waals surface area contributed by atoms with E-state index in [0.29, 0.717) is 17.8 Å². The fourth-order valence-corrected chi connectivity index (χ4v) is 4.77. The van der Waals surface area contributed by atoms with E-state index in [1.165, 1.54) is 24.2 Å². The molecule has 1 aromatic heterocycles. The van der Waals surface area contributed by atoms with Crippen LogP contribution in [0.5, 0.6) is 11.5 Å². The molecule has 2 saturated heterocycles. The van der Waals surface area contributed by atoms with Crippen molar-refractivity contribution in [2.24, 2.45) is 0 Å². The Labute approximate surface area is 173 Å². The molecule has 5 rings (SSSR count). The predicted molar refractivity (Wildman–Crippen MR) is 109 cm³/mol. The molecule has 2 bridgehead atoms. The molecule has 1 amide bonds. The summed E-state index contributed by atoms with van der Waals surface area (Å²) < 4.78 is 10.7. The van der Waals surface area contributed by atoms with Crippen molar-refractivity contribution in [1.29, 1.82) is 0 Å². The monoisotopic (exact) mass is 429 g/mol. The number of thiazole rings is 1. The maximum atomic E-state index is 12.5. The van der Waals surface area contributed by atoms with Crippen LogP contribution < -0.4 is 20.1 Å². The minimum absolute atomic E-state index is 0. The van der Waals surface area contributed by atoms with E-state index in [1.807, 2.05) is 23.6 Å². The third-order valence-corrected chi connectivity index (χ3v) is 6.06. The smallest absolute Gasteiger partial charge is 0.270 e. The van der Waals surface area contributed by atoms with Crippen molar-refractivity contribution in [3.05, 3.63) is 29.3 Å². The third-order valence-electron chi connectivity index (χ3n) is 5.16. The van der Waals surface area contributed by atoms with Gasteiger partial charge in [0, 0.05) is 29.1 Å². The van der Waals surface area contributed by atoms with Crippen LogP contribution in [0, 0.1) is 0 Å². The highest BCUT2D eigenvalue weighted by Gasteiger charge is 2.34. The Morgan fingerprint density at radius 1 is 1.15 bits per heavy atom. The Morgan fingerprint density at radius 3 is 2.67 bits per heavy atom. The van der Waals surface area contributed by atoms with E-state index in [4.69, 9.17) is 9.47 Å². The maximum absolute atomic E-state index is 12.5. The molecule has 6 nitrogen and oxygen atoms in total. The van der Waals surface area contributed by atoms with Gasteiger partial charge >= 0.3 is 0 Å². The average molecular weight is 430 g/mol. The van der Waals surface area contributed by atoms with Gasteiger partial charge in [-0.25, -0.2) is 4.98 Å². The number of nitrogens with one attached hydrogen (secondary N) is 2. The summed E-state index contributed by atoms with van der Waals surface area (Å²) in [5.41, 5.74) is 1.43. The molecule has 0 radical (unpaired) electrons. The van der Waals surface area contributed by atoms with Gasteiger partial charge in [0.1, 0.15) is 10.7 Å². The van der Waals surface area contributed by atoms with Crippen molar-refractivity contribution in [2.75, 3.05) is 6.79 Å². The number of nitrogens with zero attached hydrogens (tertiary/aromatic N) is 1. The predicted octanol–water partition coefficient (Wildman–Crippen LogP) is 3.40. The number of benzene rings is 1. The van der Waals surface area contributed by atoms with E-state index < -0.39 is 0 Å². The van der Waals surface area contributed by atoms with E-state index in [9.17, 15) is 4.79 Å². The molecule has 4 heterocycles. The number of hydrogen-bond acceptors (Lipinski definition) is 6. The van der Waals surface area contributed by atoms with Crippen molar-refractivity contribution in [3.63, 3.8) is 0 Å².